The van der Waals surface area contributed by atoms with Gasteiger partial charge in [-0.15, -0.1) is 0 Å². The van der Waals surface area contributed by atoms with Crippen molar-refractivity contribution in [2.45, 2.75) is 44.7 Å². The van der Waals surface area contributed by atoms with Crippen molar-refractivity contribution in [3.8, 4) is 0 Å². The second-order valence-corrected chi connectivity index (χ2v) is 11.3. The summed E-state index contributed by atoms with van der Waals surface area (Å²) < 4.78 is 29.4. The molecule has 3 aromatic rings. The highest BCUT2D eigenvalue weighted by Gasteiger charge is 2.32. The zero-order valence-corrected chi connectivity index (χ0v) is 23.6. The van der Waals surface area contributed by atoms with E-state index in [1.807, 2.05) is 43.3 Å². The standard InChI is InChI=1S/C28H32BrN3O4S/c1-4-22-13-17-25(18-14-22)32(37(35,36)26-9-7-6-8-10-26)20-27(33)31(21(3)28(34)30-5-2)19-23-11-15-24(29)16-12-23/h6-18,21H,4-5,19-20H2,1-3H3,(H,30,34). The number of carbonyl (C=O) groups excluding carboxylic acids is 2. The molecule has 0 aliphatic rings. The molecule has 0 bridgehead atoms. The minimum absolute atomic E-state index is 0.0820. The first-order valence-corrected chi connectivity index (χ1v) is 14.4. The lowest BCUT2D eigenvalue weighted by atomic mass is 10.1. The van der Waals surface area contributed by atoms with Crippen LogP contribution >= 0.6 is 15.9 Å². The molecular weight excluding hydrogens is 554 g/mol. The van der Waals surface area contributed by atoms with E-state index in [0.717, 1.165) is 26.3 Å². The molecule has 0 radical (unpaired) electrons. The summed E-state index contributed by atoms with van der Waals surface area (Å²) in [6.07, 6.45) is 0.801. The van der Waals surface area contributed by atoms with Crippen molar-refractivity contribution < 1.29 is 18.0 Å². The third-order valence-corrected chi connectivity index (χ3v) is 8.34. The lowest BCUT2D eigenvalue weighted by Crippen LogP contribution is -2.51. The van der Waals surface area contributed by atoms with Gasteiger partial charge in [0.2, 0.25) is 11.8 Å². The Morgan fingerprint density at radius 2 is 1.49 bits per heavy atom. The number of likely N-dealkylation sites (N-methyl/N-ethyl adjacent to an activating group) is 1. The Balaban J connectivity index is 2.01. The Bertz CT molecular complexity index is 1300. The second-order valence-electron chi connectivity index (χ2n) is 8.56. The topological polar surface area (TPSA) is 86.8 Å². The first kappa shape index (κ1) is 28.4. The van der Waals surface area contributed by atoms with Gasteiger partial charge >= 0.3 is 0 Å². The molecule has 3 aromatic carbocycles. The van der Waals surface area contributed by atoms with Crippen LogP contribution in [-0.2, 0) is 32.6 Å². The monoisotopic (exact) mass is 585 g/mol. The summed E-state index contributed by atoms with van der Waals surface area (Å²) in [6.45, 7) is 5.58. The number of benzene rings is 3. The van der Waals surface area contributed by atoms with E-state index in [1.165, 1.54) is 17.0 Å². The smallest absolute Gasteiger partial charge is 0.264 e. The summed E-state index contributed by atoms with van der Waals surface area (Å²) in [7, 11) is -4.06. The van der Waals surface area contributed by atoms with Crippen molar-refractivity contribution in [2.24, 2.45) is 0 Å². The van der Waals surface area contributed by atoms with E-state index in [0.29, 0.717) is 12.2 Å². The summed E-state index contributed by atoms with van der Waals surface area (Å²) >= 11 is 3.41. The molecule has 0 aliphatic carbocycles. The number of aryl methyl sites for hydroxylation is 1. The molecule has 196 valence electrons. The lowest BCUT2D eigenvalue weighted by Gasteiger charge is -2.32. The third-order valence-electron chi connectivity index (χ3n) is 6.03. The van der Waals surface area contributed by atoms with E-state index in [2.05, 4.69) is 21.2 Å². The van der Waals surface area contributed by atoms with E-state index in [9.17, 15) is 18.0 Å². The quantitative estimate of drug-likeness (QED) is 0.351. The number of anilines is 1. The maximum atomic E-state index is 13.8. The predicted molar refractivity (Wildman–Crippen MR) is 150 cm³/mol. The van der Waals surface area contributed by atoms with Gasteiger partial charge in [-0.2, -0.15) is 0 Å². The summed E-state index contributed by atoms with van der Waals surface area (Å²) in [5.41, 5.74) is 2.25. The van der Waals surface area contributed by atoms with E-state index < -0.39 is 28.5 Å². The van der Waals surface area contributed by atoms with Crippen LogP contribution in [0.2, 0.25) is 0 Å². The van der Waals surface area contributed by atoms with Crippen molar-refractivity contribution >= 4 is 43.5 Å². The number of hydrogen-bond acceptors (Lipinski definition) is 4. The van der Waals surface area contributed by atoms with E-state index >= 15 is 0 Å². The minimum Gasteiger partial charge on any atom is -0.355 e. The molecule has 3 rings (SSSR count). The number of sulfonamides is 1. The molecule has 9 heteroatoms. The van der Waals surface area contributed by atoms with Crippen molar-refractivity contribution in [3.63, 3.8) is 0 Å². The van der Waals surface area contributed by atoms with E-state index in [-0.39, 0.29) is 17.3 Å². The van der Waals surface area contributed by atoms with Gasteiger partial charge in [-0.25, -0.2) is 8.42 Å². The van der Waals surface area contributed by atoms with Gasteiger partial charge in [-0.05, 0) is 67.8 Å². The van der Waals surface area contributed by atoms with Crippen molar-refractivity contribution in [1.29, 1.82) is 0 Å². The lowest BCUT2D eigenvalue weighted by molar-refractivity contribution is -0.139. The average Bonchev–Trinajstić information content (AvgIpc) is 2.91. The van der Waals surface area contributed by atoms with Crippen molar-refractivity contribution in [1.82, 2.24) is 10.2 Å². The highest BCUT2D eigenvalue weighted by atomic mass is 79.9. The van der Waals surface area contributed by atoms with Crippen LogP contribution in [0.25, 0.3) is 0 Å². The van der Waals surface area contributed by atoms with Gasteiger partial charge in [-0.1, -0.05) is 65.3 Å². The minimum atomic E-state index is -4.06. The Morgan fingerprint density at radius 1 is 0.892 bits per heavy atom. The maximum absolute atomic E-state index is 13.8. The molecule has 2 amide bonds. The zero-order chi connectivity index (χ0) is 27.0. The highest BCUT2D eigenvalue weighted by Crippen LogP contribution is 2.25. The second kappa shape index (κ2) is 12.9. The molecular formula is C28H32BrN3O4S. The normalized spacial score (nSPS) is 12.0. The number of carbonyl (C=O) groups is 2. The average molecular weight is 587 g/mol. The molecule has 1 atom stereocenters. The number of amides is 2. The maximum Gasteiger partial charge on any atom is 0.264 e. The van der Waals surface area contributed by atoms with Gasteiger partial charge in [0, 0.05) is 17.6 Å². The fraction of sp³-hybridized carbons (Fsp3) is 0.286. The molecule has 0 spiro atoms. The SMILES string of the molecule is CCNC(=O)C(C)N(Cc1ccc(Br)cc1)C(=O)CN(c1ccc(CC)cc1)S(=O)(=O)c1ccccc1. The fourth-order valence-corrected chi connectivity index (χ4v) is 5.54. The van der Waals surface area contributed by atoms with Crippen LogP contribution in [0.3, 0.4) is 0 Å². The number of rotatable bonds is 11. The van der Waals surface area contributed by atoms with Gasteiger partial charge in [0.1, 0.15) is 12.6 Å². The van der Waals surface area contributed by atoms with Gasteiger partial charge < -0.3 is 10.2 Å². The summed E-state index contributed by atoms with van der Waals surface area (Å²) in [5.74, 6) is -0.793. The molecule has 7 nitrogen and oxygen atoms in total. The van der Waals surface area contributed by atoms with Crippen LogP contribution in [0.1, 0.15) is 31.9 Å². The number of nitrogens with zero attached hydrogens (tertiary/aromatic N) is 2. The van der Waals surface area contributed by atoms with Crippen molar-refractivity contribution in [2.75, 3.05) is 17.4 Å². The molecule has 0 heterocycles. The van der Waals surface area contributed by atoms with Crippen LogP contribution in [0.5, 0.6) is 0 Å². The molecule has 0 aliphatic heterocycles. The molecule has 0 aromatic heterocycles. The summed E-state index contributed by atoms with van der Waals surface area (Å²) in [5, 5.41) is 2.76. The first-order valence-electron chi connectivity index (χ1n) is 12.2. The Labute approximate surface area is 227 Å². The van der Waals surface area contributed by atoms with Crippen LogP contribution < -0.4 is 9.62 Å². The summed E-state index contributed by atoms with van der Waals surface area (Å²) in [6, 6.07) is 21.8. The first-order chi connectivity index (χ1) is 17.7. The fourth-order valence-electron chi connectivity index (χ4n) is 3.84. The van der Waals surface area contributed by atoms with Gasteiger partial charge in [0.05, 0.1) is 10.6 Å². The highest BCUT2D eigenvalue weighted by molar-refractivity contribution is 9.10. The molecule has 0 saturated carbocycles. The number of nitrogens with one attached hydrogen (secondary N) is 1. The molecule has 1 unspecified atom stereocenters. The Morgan fingerprint density at radius 3 is 2.05 bits per heavy atom. The Kier molecular flexibility index (Phi) is 9.88. The number of hydrogen-bond donors (Lipinski definition) is 1. The van der Waals surface area contributed by atoms with Gasteiger partial charge in [0.15, 0.2) is 0 Å². The van der Waals surface area contributed by atoms with Crippen LogP contribution in [0.4, 0.5) is 5.69 Å². The largest absolute Gasteiger partial charge is 0.355 e. The molecule has 0 saturated heterocycles. The predicted octanol–water partition coefficient (Wildman–Crippen LogP) is 4.76. The van der Waals surface area contributed by atoms with Gasteiger partial charge in [0.25, 0.3) is 10.0 Å². The van der Waals surface area contributed by atoms with E-state index in [1.54, 1.807) is 44.2 Å². The van der Waals surface area contributed by atoms with E-state index in [4.69, 9.17) is 0 Å². The van der Waals surface area contributed by atoms with Crippen LogP contribution in [0.15, 0.2) is 88.2 Å². The molecule has 37 heavy (non-hydrogen) atoms. The molecule has 1 N–H and O–H groups in total. The Hall–Kier alpha value is -3.17. The van der Waals surface area contributed by atoms with Crippen LogP contribution in [0, 0.1) is 0 Å². The summed E-state index contributed by atoms with van der Waals surface area (Å²) in [4.78, 5) is 28.0. The zero-order valence-electron chi connectivity index (χ0n) is 21.2. The third kappa shape index (κ3) is 7.20. The van der Waals surface area contributed by atoms with Crippen molar-refractivity contribution in [3.05, 3.63) is 94.5 Å². The van der Waals surface area contributed by atoms with Crippen LogP contribution in [-0.4, -0.2) is 44.3 Å². The molecule has 0 fully saturated rings. The van der Waals surface area contributed by atoms with Gasteiger partial charge in [-0.3, -0.25) is 13.9 Å². The number of halogens is 1.